The fraction of sp³-hybridized carbons (Fsp3) is 0.833. The Balaban J connectivity index is 3.52. The topological polar surface area (TPSA) is 26.0 Å². The van der Waals surface area contributed by atoms with Gasteiger partial charge in [0.1, 0.15) is 0 Å². The van der Waals surface area contributed by atoms with Gasteiger partial charge in [-0.05, 0) is 30.6 Å². The van der Waals surface area contributed by atoms with Crippen molar-refractivity contribution in [1.29, 1.82) is 0 Å². The molecule has 13 heavy (non-hydrogen) atoms. The van der Waals surface area contributed by atoms with Crippen LogP contribution in [-0.2, 0) is 0 Å². The lowest BCUT2D eigenvalue weighted by Crippen LogP contribution is -2.11. The van der Waals surface area contributed by atoms with Gasteiger partial charge in [-0.15, -0.1) is 0 Å². The minimum atomic E-state index is 0.457. The van der Waals surface area contributed by atoms with Gasteiger partial charge in [-0.1, -0.05) is 40.7 Å². The summed E-state index contributed by atoms with van der Waals surface area (Å²) in [7, 11) is 0. The highest BCUT2D eigenvalue weighted by Gasteiger charge is 2.14. The summed E-state index contributed by atoms with van der Waals surface area (Å²) < 4.78 is 0. The van der Waals surface area contributed by atoms with Crippen molar-refractivity contribution in [3.05, 3.63) is 12.3 Å². The third kappa shape index (κ3) is 9.45. The molecule has 78 valence electrons. The van der Waals surface area contributed by atoms with Crippen molar-refractivity contribution in [3.63, 3.8) is 0 Å². The fourth-order valence-electron chi connectivity index (χ4n) is 1.83. The van der Waals surface area contributed by atoms with E-state index in [-0.39, 0.29) is 0 Å². The van der Waals surface area contributed by atoms with E-state index in [1.165, 1.54) is 19.3 Å². The van der Waals surface area contributed by atoms with E-state index in [1.807, 2.05) is 0 Å². The molecule has 0 amide bonds. The molecule has 0 fully saturated rings. The Labute approximate surface area is 83.4 Å². The molecule has 0 radical (unpaired) electrons. The molecule has 0 saturated heterocycles. The van der Waals surface area contributed by atoms with E-state index in [1.54, 1.807) is 0 Å². The van der Waals surface area contributed by atoms with Crippen LogP contribution in [0.2, 0.25) is 0 Å². The van der Waals surface area contributed by atoms with Crippen molar-refractivity contribution in [1.82, 2.24) is 0 Å². The number of allylic oxidation sites excluding steroid dienone is 1. The maximum atomic E-state index is 5.51. The molecule has 0 aliphatic rings. The van der Waals surface area contributed by atoms with Crippen molar-refractivity contribution in [2.45, 2.75) is 53.4 Å². The second kappa shape index (κ2) is 5.31. The number of rotatable bonds is 5. The van der Waals surface area contributed by atoms with E-state index in [9.17, 15) is 0 Å². The SMILES string of the molecule is C=C(N)CCC[C@@H](C)CC(C)(C)C. The zero-order valence-electron chi connectivity index (χ0n) is 9.69. The normalized spacial score (nSPS) is 14.2. The molecule has 0 rings (SSSR count). The molecule has 0 heterocycles. The molecule has 0 unspecified atom stereocenters. The first-order chi connectivity index (χ1) is 5.81. The van der Waals surface area contributed by atoms with Crippen LogP contribution >= 0.6 is 0 Å². The lowest BCUT2D eigenvalue weighted by atomic mass is 9.83. The minimum absolute atomic E-state index is 0.457. The van der Waals surface area contributed by atoms with Gasteiger partial charge in [0.25, 0.3) is 0 Å². The number of hydrogen-bond acceptors (Lipinski definition) is 1. The van der Waals surface area contributed by atoms with Crippen molar-refractivity contribution in [3.8, 4) is 0 Å². The van der Waals surface area contributed by atoms with E-state index in [4.69, 9.17) is 5.73 Å². The van der Waals surface area contributed by atoms with Crippen molar-refractivity contribution in [2.75, 3.05) is 0 Å². The zero-order valence-corrected chi connectivity index (χ0v) is 9.69. The summed E-state index contributed by atoms with van der Waals surface area (Å²) in [5.41, 5.74) is 6.79. The van der Waals surface area contributed by atoms with Crippen LogP contribution in [0.3, 0.4) is 0 Å². The monoisotopic (exact) mass is 183 g/mol. The van der Waals surface area contributed by atoms with Crippen LogP contribution in [0, 0.1) is 11.3 Å². The standard InChI is InChI=1S/C12H25N/c1-10(9-12(3,4)5)7-6-8-11(2)13/h10H,2,6-9,13H2,1,3-5H3/t10-/m1/s1. The second-order valence-electron chi connectivity index (χ2n) is 5.42. The summed E-state index contributed by atoms with van der Waals surface area (Å²) in [5.74, 6) is 0.805. The highest BCUT2D eigenvalue weighted by atomic mass is 14.5. The molecule has 0 saturated carbocycles. The van der Waals surface area contributed by atoms with Crippen LogP contribution < -0.4 is 5.73 Å². The second-order valence-corrected chi connectivity index (χ2v) is 5.42. The van der Waals surface area contributed by atoms with Gasteiger partial charge in [0.2, 0.25) is 0 Å². The van der Waals surface area contributed by atoms with Gasteiger partial charge in [0.15, 0.2) is 0 Å². The van der Waals surface area contributed by atoms with Crippen molar-refractivity contribution >= 4 is 0 Å². The van der Waals surface area contributed by atoms with Crippen molar-refractivity contribution < 1.29 is 0 Å². The molecule has 0 aromatic rings. The average molecular weight is 183 g/mol. The average Bonchev–Trinajstić information content (AvgIpc) is 1.81. The smallest absolute Gasteiger partial charge is 0.000744 e. The maximum absolute atomic E-state index is 5.51. The summed E-state index contributed by atoms with van der Waals surface area (Å²) in [6.45, 7) is 12.9. The third-order valence-corrected chi connectivity index (χ3v) is 2.16. The fourth-order valence-corrected chi connectivity index (χ4v) is 1.83. The van der Waals surface area contributed by atoms with Gasteiger partial charge in [-0.2, -0.15) is 0 Å². The van der Waals surface area contributed by atoms with Crippen LogP contribution in [0.1, 0.15) is 53.4 Å². The molecule has 0 aromatic carbocycles. The molecule has 0 aliphatic carbocycles. The van der Waals surface area contributed by atoms with Gasteiger partial charge in [0, 0.05) is 5.70 Å². The highest BCUT2D eigenvalue weighted by molar-refractivity contribution is 4.85. The van der Waals surface area contributed by atoms with E-state index in [0.29, 0.717) is 5.41 Å². The molecule has 0 aliphatic heterocycles. The largest absolute Gasteiger partial charge is 0.403 e. The van der Waals surface area contributed by atoms with Crippen molar-refractivity contribution in [2.24, 2.45) is 17.1 Å². The van der Waals surface area contributed by atoms with E-state index in [0.717, 1.165) is 18.0 Å². The Bertz CT molecular complexity index is 153. The Kier molecular flexibility index (Phi) is 5.12. The Morgan fingerprint density at radius 3 is 2.31 bits per heavy atom. The Hall–Kier alpha value is -0.460. The molecular formula is C12H25N. The molecule has 0 bridgehead atoms. The predicted molar refractivity (Wildman–Crippen MR) is 60.4 cm³/mol. The van der Waals surface area contributed by atoms with Crippen LogP contribution in [-0.4, -0.2) is 0 Å². The van der Waals surface area contributed by atoms with Crippen LogP contribution in [0.15, 0.2) is 12.3 Å². The minimum Gasteiger partial charge on any atom is -0.403 e. The van der Waals surface area contributed by atoms with E-state index >= 15 is 0 Å². The Morgan fingerprint density at radius 2 is 1.92 bits per heavy atom. The predicted octanol–water partition coefficient (Wildman–Crippen LogP) is 3.70. The Morgan fingerprint density at radius 1 is 1.38 bits per heavy atom. The van der Waals surface area contributed by atoms with Gasteiger partial charge < -0.3 is 5.73 Å². The molecular weight excluding hydrogens is 158 g/mol. The third-order valence-electron chi connectivity index (χ3n) is 2.16. The van der Waals surface area contributed by atoms with Gasteiger partial charge in [-0.3, -0.25) is 0 Å². The first-order valence-corrected chi connectivity index (χ1v) is 5.24. The first kappa shape index (κ1) is 12.5. The zero-order chi connectivity index (χ0) is 10.5. The summed E-state index contributed by atoms with van der Waals surface area (Å²) in [6.07, 6.45) is 4.73. The summed E-state index contributed by atoms with van der Waals surface area (Å²) in [5, 5.41) is 0. The molecule has 2 N–H and O–H groups in total. The van der Waals surface area contributed by atoms with E-state index in [2.05, 4.69) is 34.3 Å². The molecule has 0 spiro atoms. The van der Waals surface area contributed by atoms with Gasteiger partial charge >= 0.3 is 0 Å². The molecule has 1 heteroatoms. The maximum Gasteiger partial charge on any atom is 0.000744 e. The van der Waals surface area contributed by atoms with Crippen LogP contribution in [0.25, 0.3) is 0 Å². The number of hydrogen-bond donors (Lipinski definition) is 1. The van der Waals surface area contributed by atoms with E-state index < -0.39 is 0 Å². The molecule has 0 aromatic heterocycles. The number of nitrogens with two attached hydrogens (primary N) is 1. The summed E-state index contributed by atoms with van der Waals surface area (Å²) in [6, 6.07) is 0. The highest BCUT2D eigenvalue weighted by Crippen LogP contribution is 2.27. The first-order valence-electron chi connectivity index (χ1n) is 5.24. The molecule has 1 nitrogen and oxygen atoms in total. The summed E-state index contributed by atoms with van der Waals surface area (Å²) in [4.78, 5) is 0. The van der Waals surface area contributed by atoms with Crippen LogP contribution in [0.4, 0.5) is 0 Å². The quantitative estimate of drug-likeness (QED) is 0.691. The summed E-state index contributed by atoms with van der Waals surface area (Å²) >= 11 is 0. The lowest BCUT2D eigenvalue weighted by Gasteiger charge is -2.23. The van der Waals surface area contributed by atoms with Gasteiger partial charge in [0.05, 0.1) is 0 Å². The van der Waals surface area contributed by atoms with Crippen LogP contribution in [0.5, 0.6) is 0 Å². The lowest BCUT2D eigenvalue weighted by molar-refractivity contribution is 0.293. The van der Waals surface area contributed by atoms with Gasteiger partial charge in [-0.25, -0.2) is 0 Å². The molecule has 1 atom stereocenters.